The van der Waals surface area contributed by atoms with Gasteiger partial charge in [-0.3, -0.25) is 4.79 Å². The summed E-state index contributed by atoms with van der Waals surface area (Å²) in [5, 5.41) is 0. The van der Waals surface area contributed by atoms with Gasteiger partial charge in [0.2, 0.25) is 15.9 Å². The molecule has 0 aliphatic rings. The van der Waals surface area contributed by atoms with Crippen LogP contribution in [0.3, 0.4) is 0 Å². The Labute approximate surface area is 204 Å². The van der Waals surface area contributed by atoms with Crippen LogP contribution in [0, 0.1) is 0 Å². The van der Waals surface area contributed by atoms with E-state index in [2.05, 4.69) is 15.9 Å². The van der Waals surface area contributed by atoms with Crippen molar-refractivity contribution in [1.29, 1.82) is 0 Å². The van der Waals surface area contributed by atoms with Crippen molar-refractivity contribution in [2.24, 2.45) is 0 Å². The van der Waals surface area contributed by atoms with Crippen LogP contribution >= 0.6 is 15.9 Å². The highest BCUT2D eigenvalue weighted by molar-refractivity contribution is 9.10. The molecule has 3 rings (SSSR count). The van der Waals surface area contributed by atoms with Gasteiger partial charge in [-0.05, 0) is 69.2 Å². The molecule has 1 amide bonds. The lowest BCUT2D eigenvalue weighted by Crippen LogP contribution is -2.51. The normalized spacial score (nSPS) is 12.2. The zero-order valence-corrected chi connectivity index (χ0v) is 21.5. The van der Waals surface area contributed by atoms with Crippen molar-refractivity contribution < 1.29 is 17.6 Å². The first-order valence-electron chi connectivity index (χ1n) is 10.7. The first-order valence-corrected chi connectivity index (χ1v) is 12.9. The Morgan fingerprint density at radius 3 is 2.21 bits per heavy atom. The maximum Gasteiger partial charge on any atom is 0.244 e. The van der Waals surface area contributed by atoms with Gasteiger partial charge in [0.1, 0.15) is 5.76 Å². The van der Waals surface area contributed by atoms with E-state index in [1.807, 2.05) is 36.4 Å². The molecule has 0 aliphatic heterocycles. The molecule has 2 aromatic carbocycles. The molecule has 0 fully saturated rings. The first-order chi connectivity index (χ1) is 15.6. The average molecular weight is 533 g/mol. The molecule has 0 spiro atoms. The van der Waals surface area contributed by atoms with Gasteiger partial charge in [0.15, 0.2) is 0 Å². The van der Waals surface area contributed by atoms with Gasteiger partial charge in [-0.15, -0.1) is 0 Å². The number of benzene rings is 2. The lowest BCUT2D eigenvalue weighted by molar-refractivity contribution is -0.133. The largest absolute Gasteiger partial charge is 0.467 e. The predicted molar refractivity (Wildman–Crippen MR) is 132 cm³/mol. The summed E-state index contributed by atoms with van der Waals surface area (Å²) in [6.07, 6.45) is 2.22. The Balaban J connectivity index is 1.85. The molecule has 176 valence electrons. The summed E-state index contributed by atoms with van der Waals surface area (Å²) in [5.74, 6) is 0.368. The van der Waals surface area contributed by atoms with E-state index in [1.165, 1.54) is 4.31 Å². The molecular weight excluding hydrogens is 504 g/mol. The second kappa shape index (κ2) is 10.7. The molecule has 0 unspecified atom stereocenters. The van der Waals surface area contributed by atoms with Crippen LogP contribution in [0.1, 0.15) is 32.1 Å². The second-order valence-electron chi connectivity index (χ2n) is 8.77. The molecule has 0 bridgehead atoms. The van der Waals surface area contributed by atoms with Crippen LogP contribution in [0.4, 0.5) is 0 Å². The third kappa shape index (κ3) is 6.79. The minimum atomic E-state index is -3.89. The fraction of sp³-hybridized carbons (Fsp3) is 0.320. The van der Waals surface area contributed by atoms with E-state index < -0.39 is 15.6 Å². The minimum absolute atomic E-state index is 0.148. The van der Waals surface area contributed by atoms with Gasteiger partial charge in [-0.2, -0.15) is 4.31 Å². The highest BCUT2D eigenvalue weighted by Gasteiger charge is 2.36. The molecule has 8 heteroatoms. The van der Waals surface area contributed by atoms with Crippen LogP contribution in [-0.2, 0) is 27.8 Å². The number of hydrogen-bond donors (Lipinski definition) is 0. The predicted octanol–water partition coefficient (Wildman–Crippen LogP) is 5.10. The zero-order chi connectivity index (χ0) is 24.1. The molecule has 0 atom stereocenters. The maximum absolute atomic E-state index is 13.5. The highest BCUT2D eigenvalue weighted by atomic mass is 79.9. The maximum atomic E-state index is 13.5. The van der Waals surface area contributed by atoms with E-state index in [0.29, 0.717) is 18.7 Å². The van der Waals surface area contributed by atoms with Crippen LogP contribution in [0.15, 0.2) is 86.8 Å². The van der Waals surface area contributed by atoms with E-state index in [9.17, 15) is 13.2 Å². The van der Waals surface area contributed by atoms with Crippen LogP contribution in [0.5, 0.6) is 0 Å². The fourth-order valence-electron chi connectivity index (χ4n) is 3.43. The molecule has 0 aliphatic carbocycles. The molecule has 0 saturated heterocycles. The topological polar surface area (TPSA) is 70.8 Å². The van der Waals surface area contributed by atoms with Gasteiger partial charge in [-0.25, -0.2) is 8.42 Å². The number of halogens is 1. The Hall–Kier alpha value is -2.42. The summed E-state index contributed by atoms with van der Waals surface area (Å²) >= 11 is 3.33. The molecule has 3 aromatic rings. The summed E-state index contributed by atoms with van der Waals surface area (Å²) in [6, 6.07) is 19.9. The van der Waals surface area contributed by atoms with Crippen LogP contribution < -0.4 is 0 Å². The van der Waals surface area contributed by atoms with Gasteiger partial charge in [0.05, 0.1) is 24.2 Å². The fourth-order valence-corrected chi connectivity index (χ4v) is 5.43. The van der Waals surface area contributed by atoms with Crippen molar-refractivity contribution in [2.45, 2.75) is 44.2 Å². The number of carbonyl (C=O) groups is 1. The molecule has 0 radical (unpaired) electrons. The smallest absolute Gasteiger partial charge is 0.244 e. The SMILES string of the molecule is CC(C)(C)N(CC(=O)N(CCc1ccccc1)Cc1ccco1)S(=O)(=O)c1ccc(Br)cc1. The standard InChI is InChI=1S/C25H29BrN2O4S/c1-25(2,3)28(33(30,31)23-13-11-21(26)12-14-23)19-24(29)27(18-22-10-7-17-32-22)16-15-20-8-5-4-6-9-20/h4-14,17H,15-16,18-19H2,1-3H3. The summed E-state index contributed by atoms with van der Waals surface area (Å²) in [5.41, 5.74) is 0.307. The molecule has 1 aromatic heterocycles. The summed E-state index contributed by atoms with van der Waals surface area (Å²) < 4.78 is 34.4. The number of carbonyl (C=O) groups excluding carboxylic acids is 1. The lowest BCUT2D eigenvalue weighted by Gasteiger charge is -2.35. The number of sulfonamides is 1. The van der Waals surface area contributed by atoms with Gasteiger partial charge in [0.25, 0.3) is 0 Å². The molecule has 33 heavy (non-hydrogen) atoms. The van der Waals surface area contributed by atoms with E-state index in [4.69, 9.17) is 4.42 Å². The summed E-state index contributed by atoms with van der Waals surface area (Å²) in [4.78, 5) is 15.3. The third-order valence-corrected chi connectivity index (χ3v) is 7.88. The van der Waals surface area contributed by atoms with Crippen molar-refractivity contribution in [1.82, 2.24) is 9.21 Å². The molecule has 6 nitrogen and oxygen atoms in total. The number of amides is 1. The molecular formula is C25H29BrN2O4S. The van der Waals surface area contributed by atoms with E-state index in [0.717, 1.165) is 10.0 Å². The van der Waals surface area contributed by atoms with E-state index >= 15 is 0 Å². The molecule has 0 N–H and O–H groups in total. The monoisotopic (exact) mass is 532 g/mol. The number of hydrogen-bond acceptors (Lipinski definition) is 4. The Morgan fingerprint density at radius 2 is 1.64 bits per heavy atom. The van der Waals surface area contributed by atoms with Crippen molar-refractivity contribution in [2.75, 3.05) is 13.1 Å². The quantitative estimate of drug-likeness (QED) is 0.384. The van der Waals surface area contributed by atoms with Crippen molar-refractivity contribution in [3.63, 3.8) is 0 Å². The Bertz CT molecular complexity index is 1140. The number of rotatable bonds is 9. The Kier molecular flexibility index (Phi) is 8.15. The minimum Gasteiger partial charge on any atom is -0.467 e. The van der Waals surface area contributed by atoms with Gasteiger partial charge >= 0.3 is 0 Å². The third-order valence-electron chi connectivity index (χ3n) is 5.22. The van der Waals surface area contributed by atoms with E-state index in [1.54, 1.807) is 62.3 Å². The van der Waals surface area contributed by atoms with Crippen LogP contribution in [0.2, 0.25) is 0 Å². The second-order valence-corrected chi connectivity index (χ2v) is 11.5. The Morgan fingerprint density at radius 1 is 0.970 bits per heavy atom. The van der Waals surface area contributed by atoms with Crippen molar-refractivity contribution in [3.8, 4) is 0 Å². The van der Waals surface area contributed by atoms with Crippen molar-refractivity contribution in [3.05, 3.63) is 88.8 Å². The van der Waals surface area contributed by atoms with Crippen molar-refractivity contribution >= 4 is 31.9 Å². The van der Waals surface area contributed by atoms with Gasteiger partial charge in [-0.1, -0.05) is 46.3 Å². The highest BCUT2D eigenvalue weighted by Crippen LogP contribution is 2.26. The summed E-state index contributed by atoms with van der Waals surface area (Å²) in [6.45, 7) is 5.82. The lowest BCUT2D eigenvalue weighted by atomic mass is 10.1. The first kappa shape index (κ1) is 25.2. The van der Waals surface area contributed by atoms with E-state index in [-0.39, 0.29) is 23.9 Å². The number of nitrogens with zero attached hydrogens (tertiary/aromatic N) is 2. The average Bonchev–Trinajstić information content (AvgIpc) is 3.28. The molecule has 1 heterocycles. The number of furan rings is 1. The molecule has 0 saturated carbocycles. The van der Waals surface area contributed by atoms with Gasteiger partial charge in [0, 0.05) is 16.6 Å². The van der Waals surface area contributed by atoms with Crippen LogP contribution in [0.25, 0.3) is 0 Å². The van der Waals surface area contributed by atoms with Crippen LogP contribution in [-0.4, -0.2) is 42.2 Å². The summed E-state index contributed by atoms with van der Waals surface area (Å²) in [7, 11) is -3.89. The zero-order valence-electron chi connectivity index (χ0n) is 19.1. The van der Waals surface area contributed by atoms with Gasteiger partial charge < -0.3 is 9.32 Å².